The zero-order valence-electron chi connectivity index (χ0n) is 10.7. The van der Waals surface area contributed by atoms with Gasteiger partial charge in [-0.2, -0.15) is 0 Å². The summed E-state index contributed by atoms with van der Waals surface area (Å²) in [5, 5.41) is 4.12. The van der Waals surface area contributed by atoms with Gasteiger partial charge in [0.1, 0.15) is 0 Å². The Bertz CT molecular complexity index is 488. The Hall–Kier alpha value is -1.32. The third kappa shape index (κ3) is 3.86. The van der Waals surface area contributed by atoms with Crippen LogP contribution in [0.4, 0.5) is 0 Å². The smallest absolute Gasteiger partial charge is 0.0953 e. The van der Waals surface area contributed by atoms with Gasteiger partial charge in [-0.25, -0.2) is 4.98 Å². The van der Waals surface area contributed by atoms with Crippen molar-refractivity contribution >= 4 is 11.6 Å². The lowest BCUT2D eigenvalue weighted by Gasteiger charge is -2.05. The first-order valence-electron chi connectivity index (χ1n) is 6.12. The van der Waals surface area contributed by atoms with E-state index in [1.54, 1.807) is 0 Å². The number of benzene rings is 1. The normalized spacial score (nSPS) is 11.1. The van der Waals surface area contributed by atoms with Gasteiger partial charge in [0, 0.05) is 30.4 Å². The second kappa shape index (κ2) is 6.03. The maximum absolute atomic E-state index is 5.86. The molecule has 0 spiro atoms. The van der Waals surface area contributed by atoms with Crippen LogP contribution in [0.25, 0.3) is 0 Å². The van der Waals surface area contributed by atoms with Crippen LogP contribution < -0.4 is 5.32 Å². The maximum Gasteiger partial charge on any atom is 0.0953 e. The summed E-state index contributed by atoms with van der Waals surface area (Å²) >= 11 is 5.86. The van der Waals surface area contributed by atoms with Crippen molar-refractivity contribution < 1.29 is 0 Å². The molecular weight excluding hydrogens is 246 g/mol. The largest absolute Gasteiger partial charge is 0.333 e. The van der Waals surface area contributed by atoms with Gasteiger partial charge in [-0.1, -0.05) is 37.6 Å². The third-order valence-corrected chi connectivity index (χ3v) is 2.91. The number of hydrogen-bond acceptors (Lipinski definition) is 2. The number of halogens is 1. The van der Waals surface area contributed by atoms with Gasteiger partial charge in [0.2, 0.25) is 0 Å². The van der Waals surface area contributed by atoms with Crippen LogP contribution in [-0.2, 0) is 13.1 Å². The number of hydrogen-bond donors (Lipinski definition) is 1. The van der Waals surface area contributed by atoms with E-state index in [1.807, 2.05) is 30.6 Å². The second-order valence-electron chi connectivity index (χ2n) is 4.70. The molecule has 0 aliphatic carbocycles. The molecule has 1 aromatic heterocycles. The summed E-state index contributed by atoms with van der Waals surface area (Å²) in [6.45, 7) is 5.90. The minimum absolute atomic E-state index is 0.478. The molecule has 96 valence electrons. The Kier molecular flexibility index (Phi) is 4.39. The molecule has 1 heterocycles. The van der Waals surface area contributed by atoms with E-state index in [1.165, 1.54) is 5.56 Å². The summed E-state index contributed by atoms with van der Waals surface area (Å²) in [7, 11) is 0. The van der Waals surface area contributed by atoms with Crippen molar-refractivity contribution in [2.75, 3.05) is 0 Å². The average Bonchev–Trinajstić information content (AvgIpc) is 2.77. The van der Waals surface area contributed by atoms with E-state index < -0.39 is 0 Å². The Balaban J connectivity index is 1.95. The molecule has 0 aliphatic heterocycles. The molecule has 0 bridgehead atoms. The van der Waals surface area contributed by atoms with Gasteiger partial charge in [0.15, 0.2) is 0 Å². The van der Waals surface area contributed by atoms with E-state index in [4.69, 9.17) is 11.6 Å². The van der Waals surface area contributed by atoms with Crippen LogP contribution in [0.15, 0.2) is 36.8 Å². The SMILES string of the molecule is CC(C)NCc1cn(Cc2ccc(Cl)cc2)cn1. The number of nitrogens with zero attached hydrogens (tertiary/aromatic N) is 2. The molecular formula is C14H18ClN3. The van der Waals surface area contributed by atoms with Gasteiger partial charge in [-0.3, -0.25) is 0 Å². The molecule has 0 fully saturated rings. The van der Waals surface area contributed by atoms with Crippen molar-refractivity contribution in [2.24, 2.45) is 0 Å². The highest BCUT2D eigenvalue weighted by molar-refractivity contribution is 6.30. The first-order chi connectivity index (χ1) is 8.63. The lowest BCUT2D eigenvalue weighted by atomic mass is 10.2. The van der Waals surface area contributed by atoms with Gasteiger partial charge in [0.05, 0.1) is 12.0 Å². The fourth-order valence-electron chi connectivity index (χ4n) is 1.69. The average molecular weight is 264 g/mol. The molecule has 0 saturated heterocycles. The van der Waals surface area contributed by atoms with E-state index in [0.29, 0.717) is 6.04 Å². The molecule has 2 rings (SSSR count). The maximum atomic E-state index is 5.86. The van der Waals surface area contributed by atoms with Gasteiger partial charge in [0.25, 0.3) is 0 Å². The molecule has 0 radical (unpaired) electrons. The van der Waals surface area contributed by atoms with Crippen LogP contribution in [-0.4, -0.2) is 15.6 Å². The van der Waals surface area contributed by atoms with E-state index in [9.17, 15) is 0 Å². The van der Waals surface area contributed by atoms with E-state index in [0.717, 1.165) is 23.8 Å². The molecule has 0 unspecified atom stereocenters. The number of nitrogens with one attached hydrogen (secondary N) is 1. The van der Waals surface area contributed by atoms with Crippen LogP contribution >= 0.6 is 11.6 Å². The van der Waals surface area contributed by atoms with E-state index >= 15 is 0 Å². The number of aromatic nitrogens is 2. The van der Waals surface area contributed by atoms with Crippen LogP contribution in [0.1, 0.15) is 25.1 Å². The predicted octanol–water partition coefficient (Wildman–Crippen LogP) is 3.08. The fraction of sp³-hybridized carbons (Fsp3) is 0.357. The Morgan fingerprint density at radius 2 is 2.00 bits per heavy atom. The highest BCUT2D eigenvalue weighted by Gasteiger charge is 2.01. The van der Waals surface area contributed by atoms with Crippen molar-refractivity contribution in [1.82, 2.24) is 14.9 Å². The van der Waals surface area contributed by atoms with Crippen LogP contribution in [0.5, 0.6) is 0 Å². The van der Waals surface area contributed by atoms with Crippen LogP contribution in [0.3, 0.4) is 0 Å². The van der Waals surface area contributed by atoms with Crippen molar-refractivity contribution in [1.29, 1.82) is 0 Å². The Morgan fingerprint density at radius 1 is 1.28 bits per heavy atom. The van der Waals surface area contributed by atoms with Gasteiger partial charge in [-0.05, 0) is 17.7 Å². The topological polar surface area (TPSA) is 29.9 Å². The predicted molar refractivity (Wildman–Crippen MR) is 74.8 cm³/mol. The highest BCUT2D eigenvalue weighted by atomic mass is 35.5. The second-order valence-corrected chi connectivity index (χ2v) is 5.14. The number of imidazole rings is 1. The standard InChI is InChI=1S/C14H18ClN3/c1-11(2)16-7-14-9-18(10-17-14)8-12-3-5-13(15)6-4-12/h3-6,9-11,16H,7-8H2,1-2H3. The molecule has 1 aromatic carbocycles. The monoisotopic (exact) mass is 263 g/mol. The Labute approximate surface area is 113 Å². The quantitative estimate of drug-likeness (QED) is 0.899. The van der Waals surface area contributed by atoms with Crippen molar-refractivity contribution in [2.45, 2.75) is 33.0 Å². The lowest BCUT2D eigenvalue weighted by Crippen LogP contribution is -2.21. The summed E-state index contributed by atoms with van der Waals surface area (Å²) in [5.41, 5.74) is 2.29. The molecule has 3 nitrogen and oxygen atoms in total. The third-order valence-electron chi connectivity index (χ3n) is 2.66. The molecule has 0 atom stereocenters. The molecule has 4 heteroatoms. The van der Waals surface area contributed by atoms with Crippen molar-refractivity contribution in [3.63, 3.8) is 0 Å². The Morgan fingerprint density at radius 3 is 2.67 bits per heavy atom. The van der Waals surface area contributed by atoms with Crippen molar-refractivity contribution in [3.8, 4) is 0 Å². The van der Waals surface area contributed by atoms with Gasteiger partial charge >= 0.3 is 0 Å². The molecule has 0 saturated carbocycles. The van der Waals surface area contributed by atoms with Crippen LogP contribution in [0, 0.1) is 0 Å². The first-order valence-corrected chi connectivity index (χ1v) is 6.50. The van der Waals surface area contributed by atoms with E-state index in [2.05, 4.69) is 34.9 Å². The first kappa shape index (κ1) is 13.1. The summed E-state index contributed by atoms with van der Waals surface area (Å²) < 4.78 is 2.08. The summed E-state index contributed by atoms with van der Waals surface area (Å²) in [6, 6.07) is 8.37. The molecule has 1 N–H and O–H groups in total. The lowest BCUT2D eigenvalue weighted by molar-refractivity contribution is 0.582. The highest BCUT2D eigenvalue weighted by Crippen LogP contribution is 2.11. The van der Waals surface area contributed by atoms with Crippen molar-refractivity contribution in [3.05, 3.63) is 53.1 Å². The molecule has 2 aromatic rings. The summed E-state index contributed by atoms with van der Waals surface area (Å²) in [5.74, 6) is 0. The van der Waals surface area contributed by atoms with Crippen LogP contribution in [0.2, 0.25) is 5.02 Å². The summed E-state index contributed by atoms with van der Waals surface area (Å²) in [4.78, 5) is 4.38. The minimum atomic E-state index is 0.478. The van der Waals surface area contributed by atoms with Gasteiger partial charge in [-0.15, -0.1) is 0 Å². The minimum Gasteiger partial charge on any atom is -0.333 e. The summed E-state index contributed by atoms with van der Waals surface area (Å²) in [6.07, 6.45) is 3.94. The molecule has 0 aliphatic rings. The fourth-order valence-corrected chi connectivity index (χ4v) is 1.82. The number of rotatable bonds is 5. The zero-order chi connectivity index (χ0) is 13.0. The molecule has 0 amide bonds. The van der Waals surface area contributed by atoms with Gasteiger partial charge < -0.3 is 9.88 Å². The molecule has 18 heavy (non-hydrogen) atoms. The zero-order valence-corrected chi connectivity index (χ0v) is 11.5. The van der Waals surface area contributed by atoms with E-state index in [-0.39, 0.29) is 0 Å².